The van der Waals surface area contributed by atoms with Crippen molar-refractivity contribution < 1.29 is 9.53 Å². The molecule has 0 bridgehead atoms. The van der Waals surface area contributed by atoms with E-state index in [1.54, 1.807) is 13.8 Å². The molecular weight excluding hydrogens is 247 g/mol. The predicted octanol–water partition coefficient (Wildman–Crippen LogP) is 0.892. The van der Waals surface area contributed by atoms with Crippen molar-refractivity contribution in [1.29, 1.82) is 8.60 Å². The van der Waals surface area contributed by atoms with Crippen LogP contribution in [-0.4, -0.2) is 32.1 Å². The van der Waals surface area contributed by atoms with Gasteiger partial charge in [-0.15, -0.1) is 0 Å². The van der Waals surface area contributed by atoms with E-state index in [0.29, 0.717) is 0 Å². The summed E-state index contributed by atoms with van der Waals surface area (Å²) in [4.78, 5) is 10.3. The number of hydrogen-bond acceptors (Lipinski definition) is 4. The fourth-order valence-corrected chi connectivity index (χ4v) is 1.04. The number of nitrogens with zero attached hydrogens (tertiary/aromatic N) is 1. The van der Waals surface area contributed by atoms with Crippen LogP contribution in [0.15, 0.2) is 0 Å². The zero-order valence-corrected chi connectivity index (χ0v) is 10.2. The van der Waals surface area contributed by atoms with Gasteiger partial charge in [0.2, 0.25) is 0 Å². The maximum absolute atomic E-state index is 10.3. The average molecular weight is 258 g/mol. The zero-order chi connectivity index (χ0) is 9.49. The number of rotatable bonds is 2. The number of hydrogen-bond donors (Lipinski definition) is 1. The molecule has 0 saturated carbocycles. The first-order chi connectivity index (χ1) is 4.98. The third-order valence-corrected chi connectivity index (χ3v) is 3.07. The molecule has 0 fully saturated rings. The molecule has 0 aliphatic rings. The van der Waals surface area contributed by atoms with Gasteiger partial charge in [-0.1, -0.05) is 0 Å². The number of ether oxygens (including phenoxy) is 1. The second-order valence-corrected chi connectivity index (χ2v) is 7.13. The van der Waals surface area contributed by atoms with Gasteiger partial charge in [0, 0.05) is 6.57 Å². The molecule has 0 radical (unpaired) electrons. The molecule has 1 N–H and O–H groups in total. The van der Waals surface area contributed by atoms with Gasteiger partial charge >= 0.3 is 65.7 Å². The molecule has 0 amide bonds. The van der Waals surface area contributed by atoms with E-state index in [2.05, 4.69) is 6.57 Å². The summed E-state index contributed by atoms with van der Waals surface area (Å²) in [5, 5.41) is 6.50. The normalized spacial score (nSPS) is 8.45. The van der Waals surface area contributed by atoms with Gasteiger partial charge in [-0.05, 0) is 0 Å². The quantitative estimate of drug-likeness (QED) is 0.747. The van der Waals surface area contributed by atoms with Crippen molar-refractivity contribution in [3.05, 3.63) is 0 Å². The Hall–Kier alpha value is -0.370. The van der Waals surface area contributed by atoms with Crippen LogP contribution in [-0.2, 0) is 9.53 Å². The second kappa shape index (κ2) is 6.35. The van der Waals surface area contributed by atoms with E-state index in [-0.39, 0.29) is 5.97 Å². The van der Waals surface area contributed by atoms with Crippen molar-refractivity contribution in [2.24, 2.45) is 0 Å². The molecule has 5 heteroatoms. The van der Waals surface area contributed by atoms with Crippen LogP contribution in [0, 0.1) is 15.2 Å². The van der Waals surface area contributed by atoms with Crippen LogP contribution in [0.2, 0.25) is 0 Å². The SMILES string of the molecule is C#N.CC(=O)O[C](C)(C)[In]=[NH]. The Morgan fingerprint density at radius 3 is 2.09 bits per heavy atom. The molecule has 0 unspecified atom stereocenters. The van der Waals surface area contributed by atoms with Gasteiger partial charge in [-0.2, -0.15) is 0 Å². The van der Waals surface area contributed by atoms with E-state index < -0.39 is 26.1 Å². The van der Waals surface area contributed by atoms with Crippen LogP contribution in [0.4, 0.5) is 0 Å². The van der Waals surface area contributed by atoms with Gasteiger partial charge in [0.25, 0.3) is 0 Å². The zero-order valence-electron chi connectivity index (χ0n) is 6.92. The van der Waals surface area contributed by atoms with Crippen LogP contribution in [0.1, 0.15) is 20.8 Å². The van der Waals surface area contributed by atoms with Crippen molar-refractivity contribution >= 4 is 28.7 Å². The Morgan fingerprint density at radius 1 is 1.64 bits per heavy atom. The van der Waals surface area contributed by atoms with E-state index in [1.165, 1.54) is 6.92 Å². The van der Waals surface area contributed by atoms with Gasteiger partial charge in [0.15, 0.2) is 0 Å². The summed E-state index contributed by atoms with van der Waals surface area (Å²) in [7, 11) is 0. The third-order valence-electron chi connectivity index (χ3n) is 0.754. The Kier molecular flexibility index (Phi) is 7.64. The Labute approximate surface area is 77.6 Å². The molecule has 0 heterocycles. The first-order valence-corrected chi connectivity index (χ1v) is 6.24. The number of carbonyl (C=O) groups is 1. The minimum atomic E-state index is -1.40. The molecule has 60 valence electrons. The molecule has 0 aromatic heterocycles. The van der Waals surface area contributed by atoms with E-state index in [4.69, 9.17) is 13.3 Å². The van der Waals surface area contributed by atoms with Crippen molar-refractivity contribution in [3.63, 3.8) is 0 Å². The number of esters is 1. The summed E-state index contributed by atoms with van der Waals surface area (Å²) >= 11 is -1.40. The summed E-state index contributed by atoms with van der Waals surface area (Å²) in [5.41, 5.74) is 0. The van der Waals surface area contributed by atoms with Crippen LogP contribution < -0.4 is 0 Å². The maximum atomic E-state index is 10.3. The molecule has 0 aromatic rings. The summed E-state index contributed by atoms with van der Waals surface area (Å²) < 4.78 is 11.5. The molecule has 4 nitrogen and oxygen atoms in total. The average Bonchev–Trinajstić information content (AvgIpc) is 1.90. The molecule has 0 atom stereocenters. The minimum absolute atomic E-state index is 0.279. The molecule has 0 saturated heterocycles. The molecule has 0 aliphatic heterocycles. The summed E-state index contributed by atoms with van der Waals surface area (Å²) in [6.07, 6.45) is 0. The summed E-state index contributed by atoms with van der Waals surface area (Å²) in [6.45, 7) is 8.46. The van der Waals surface area contributed by atoms with E-state index in [0.717, 1.165) is 0 Å². The van der Waals surface area contributed by atoms with Gasteiger partial charge in [0.05, 0.1) is 0 Å². The number of nitrogens with one attached hydrogen (secondary N) is 1. The molecule has 0 rings (SSSR count). The van der Waals surface area contributed by atoms with Crippen LogP contribution >= 0.6 is 0 Å². The molecule has 0 aromatic carbocycles. The van der Waals surface area contributed by atoms with Crippen molar-refractivity contribution in [2.75, 3.05) is 0 Å². The molecule has 11 heavy (non-hydrogen) atoms. The van der Waals surface area contributed by atoms with Crippen molar-refractivity contribution in [3.8, 4) is 6.57 Å². The standard InChI is InChI=1S/C5H9O2.CHN.In.HN/c1-4(2)7-5(3)6;1-2;;/h1-3H3;1H;;1H. The number of carbonyl (C=O) groups excluding carboxylic acids is 1. The van der Waals surface area contributed by atoms with E-state index in [9.17, 15) is 4.79 Å². The van der Waals surface area contributed by atoms with Crippen LogP contribution in [0.25, 0.3) is 0 Å². The van der Waals surface area contributed by atoms with Gasteiger partial charge in [-0.3, -0.25) is 0 Å². The number of nitriles is 1. The van der Waals surface area contributed by atoms with E-state index >= 15 is 0 Å². The second-order valence-electron chi connectivity index (χ2n) is 2.34. The Bertz CT molecular complexity index is 165. The first kappa shape index (κ1) is 13.2. The molecule has 0 aliphatic carbocycles. The predicted molar refractivity (Wildman–Crippen MR) is 41.0 cm³/mol. The van der Waals surface area contributed by atoms with Crippen LogP contribution in [0.3, 0.4) is 0 Å². The first-order valence-electron chi connectivity index (χ1n) is 2.95. The van der Waals surface area contributed by atoms with Crippen molar-refractivity contribution in [2.45, 2.75) is 24.1 Å². The summed E-state index contributed by atoms with van der Waals surface area (Å²) in [6, 6.07) is 0. The Balaban J connectivity index is 0. The van der Waals surface area contributed by atoms with E-state index in [1.807, 2.05) is 0 Å². The summed E-state index contributed by atoms with van der Waals surface area (Å²) in [5.74, 6) is -0.279. The fourth-order valence-electron chi connectivity index (χ4n) is 0.400. The fraction of sp³-hybridized carbons (Fsp3) is 0.667. The van der Waals surface area contributed by atoms with Crippen LogP contribution in [0.5, 0.6) is 0 Å². The Morgan fingerprint density at radius 2 is 2.00 bits per heavy atom. The molecule has 0 spiro atoms. The molecular formula is C6H11InN2O2. The topological polar surface area (TPSA) is 73.9 Å². The van der Waals surface area contributed by atoms with Gasteiger partial charge in [0.1, 0.15) is 0 Å². The van der Waals surface area contributed by atoms with Gasteiger partial charge < -0.3 is 0 Å². The van der Waals surface area contributed by atoms with Gasteiger partial charge in [-0.25, -0.2) is 5.26 Å². The monoisotopic (exact) mass is 258 g/mol. The van der Waals surface area contributed by atoms with Crippen molar-refractivity contribution in [1.82, 2.24) is 0 Å². The third kappa shape index (κ3) is 9.63.